The Bertz CT molecular complexity index is 1360. The predicted molar refractivity (Wildman–Crippen MR) is 105 cm³/mol. The molecule has 2 aliphatic heterocycles. The highest BCUT2D eigenvalue weighted by Gasteiger charge is 2.41. The molecule has 5 rings (SSSR count). The number of fused-ring (bicyclic) bond motifs is 6. The maximum Gasteiger partial charge on any atom is 0.379 e. The van der Waals surface area contributed by atoms with Crippen molar-refractivity contribution in [1.29, 1.82) is 0 Å². The summed E-state index contributed by atoms with van der Waals surface area (Å²) in [6.07, 6.45) is 1.44. The third-order valence-corrected chi connectivity index (χ3v) is 6.09. The smallest absolute Gasteiger partial charge is 0.379 e. The standard InChI is InChI=1S/C20H16N2O7S/c1-11-2-4-16-14(6-11)21-10-12(7-20(23)24)22-15-8-13(30(25,26)27)3-5-17(15)29-19(22)9-18(21)28-16/h2-6,8-9,12H,7,10H2,1H3,(H-,23,24,25,26,27)/p+1. The van der Waals surface area contributed by atoms with Gasteiger partial charge >= 0.3 is 11.9 Å². The predicted octanol–water partition coefficient (Wildman–Crippen LogP) is 2.33. The van der Waals surface area contributed by atoms with E-state index in [2.05, 4.69) is 0 Å². The number of carboxylic acid groups (broad SMARTS) is 1. The van der Waals surface area contributed by atoms with Crippen molar-refractivity contribution in [3.05, 3.63) is 53.7 Å². The molecule has 1 unspecified atom stereocenters. The lowest BCUT2D eigenvalue weighted by atomic mass is 10.1. The summed E-state index contributed by atoms with van der Waals surface area (Å²) < 4.78 is 46.4. The van der Waals surface area contributed by atoms with Gasteiger partial charge in [-0.1, -0.05) is 6.07 Å². The summed E-state index contributed by atoms with van der Waals surface area (Å²) in [5, 5.41) is 9.51. The Morgan fingerprint density at radius 1 is 1.27 bits per heavy atom. The Morgan fingerprint density at radius 3 is 2.80 bits per heavy atom. The van der Waals surface area contributed by atoms with E-state index in [0.29, 0.717) is 28.8 Å². The lowest BCUT2D eigenvalue weighted by Crippen LogP contribution is -2.47. The number of ether oxygens (including phenoxy) is 1. The van der Waals surface area contributed by atoms with Crippen LogP contribution in [0, 0.1) is 6.92 Å². The van der Waals surface area contributed by atoms with Crippen molar-refractivity contribution in [2.24, 2.45) is 0 Å². The van der Waals surface area contributed by atoms with Crippen molar-refractivity contribution in [3.63, 3.8) is 0 Å². The average Bonchev–Trinajstić information content (AvgIpc) is 3.13. The van der Waals surface area contributed by atoms with Crippen molar-refractivity contribution in [3.8, 4) is 5.75 Å². The summed E-state index contributed by atoms with van der Waals surface area (Å²) in [5.41, 5.74) is 2.89. The summed E-state index contributed by atoms with van der Waals surface area (Å²) in [6, 6.07) is 9.11. The van der Waals surface area contributed by atoms with Gasteiger partial charge < -0.3 is 14.3 Å². The normalized spacial score (nSPS) is 17.6. The van der Waals surface area contributed by atoms with E-state index in [1.807, 2.05) is 29.7 Å². The number of aromatic nitrogens is 1. The molecule has 0 fully saturated rings. The van der Waals surface area contributed by atoms with Crippen LogP contribution in [0.2, 0.25) is 0 Å². The zero-order valence-electron chi connectivity index (χ0n) is 15.8. The van der Waals surface area contributed by atoms with Gasteiger partial charge in [-0.15, -0.1) is 0 Å². The Labute approximate surface area is 171 Å². The number of hydrogen-bond donors (Lipinski definition) is 2. The van der Waals surface area contributed by atoms with Crippen LogP contribution >= 0.6 is 0 Å². The summed E-state index contributed by atoms with van der Waals surface area (Å²) in [6.45, 7) is 2.23. The van der Waals surface area contributed by atoms with E-state index >= 15 is 0 Å². The average molecular weight is 429 g/mol. The maximum atomic E-state index is 11.6. The van der Waals surface area contributed by atoms with E-state index in [0.717, 1.165) is 11.1 Å². The van der Waals surface area contributed by atoms with E-state index in [1.165, 1.54) is 18.2 Å². The number of aliphatic carboxylic acids is 1. The number of hydrogen-bond acceptors (Lipinski definition) is 6. The second-order valence-electron chi connectivity index (χ2n) is 7.33. The Balaban J connectivity index is 1.70. The monoisotopic (exact) mass is 429 g/mol. The van der Waals surface area contributed by atoms with Crippen LogP contribution in [0.5, 0.6) is 5.75 Å². The van der Waals surface area contributed by atoms with Gasteiger partial charge in [0.05, 0.1) is 17.0 Å². The van der Waals surface area contributed by atoms with Gasteiger partial charge in [0, 0.05) is 6.07 Å². The van der Waals surface area contributed by atoms with Crippen molar-refractivity contribution < 1.29 is 36.6 Å². The zero-order valence-corrected chi connectivity index (χ0v) is 16.6. The number of carbonyl (C=O) groups is 1. The number of nitrogens with zero attached hydrogens (tertiary/aromatic N) is 2. The molecular weight excluding hydrogens is 412 g/mol. The molecule has 0 saturated heterocycles. The van der Waals surface area contributed by atoms with Crippen LogP contribution in [0.25, 0.3) is 17.2 Å². The first-order valence-electron chi connectivity index (χ1n) is 9.16. The minimum absolute atomic E-state index is 0.221. The van der Waals surface area contributed by atoms with Gasteiger partial charge in [0.1, 0.15) is 12.1 Å². The highest BCUT2D eigenvalue weighted by molar-refractivity contribution is 7.85. The molecule has 2 aliphatic rings. The first-order chi connectivity index (χ1) is 14.2. The van der Waals surface area contributed by atoms with E-state index in [9.17, 15) is 22.9 Å². The molecule has 0 aliphatic carbocycles. The zero-order chi connectivity index (χ0) is 21.2. The molecule has 0 bridgehead atoms. The van der Waals surface area contributed by atoms with Gasteiger partial charge in [0.2, 0.25) is 11.5 Å². The molecule has 0 saturated carbocycles. The van der Waals surface area contributed by atoms with Gasteiger partial charge in [0.25, 0.3) is 15.6 Å². The van der Waals surface area contributed by atoms with Crippen LogP contribution in [0.15, 0.2) is 51.6 Å². The molecule has 0 spiro atoms. The summed E-state index contributed by atoms with van der Waals surface area (Å²) in [7, 11) is -4.43. The Kier molecular flexibility index (Phi) is 3.92. The molecule has 154 valence electrons. The Morgan fingerprint density at radius 2 is 2.07 bits per heavy atom. The van der Waals surface area contributed by atoms with Crippen LogP contribution in [0.1, 0.15) is 17.9 Å². The fourth-order valence-electron chi connectivity index (χ4n) is 3.95. The largest absolute Gasteiger partial charge is 0.481 e. The van der Waals surface area contributed by atoms with E-state index in [4.69, 9.17) is 9.15 Å². The first-order valence-corrected chi connectivity index (χ1v) is 10.6. The van der Waals surface area contributed by atoms with Crippen LogP contribution < -0.4 is 14.2 Å². The van der Waals surface area contributed by atoms with Gasteiger partial charge in [0.15, 0.2) is 12.3 Å². The number of anilines is 1. The lowest BCUT2D eigenvalue weighted by Gasteiger charge is -2.24. The summed E-state index contributed by atoms with van der Waals surface area (Å²) in [5.74, 6) is 0.174. The third-order valence-electron chi connectivity index (χ3n) is 5.24. The van der Waals surface area contributed by atoms with Crippen molar-refractivity contribution in [2.75, 3.05) is 4.90 Å². The van der Waals surface area contributed by atoms with Gasteiger partial charge in [-0.3, -0.25) is 14.2 Å². The van der Waals surface area contributed by atoms with Crippen LogP contribution in [-0.2, 0) is 21.5 Å². The SMILES string of the molecule is Cc1ccc2oc3[n+](c2c1)CC(CC(=O)O)N1C(=C3)Oc2ccc(S(=O)(=O)O)cc21. The number of aryl methyl sites for hydroxylation is 1. The van der Waals surface area contributed by atoms with Gasteiger partial charge in [-0.25, -0.2) is 0 Å². The molecule has 2 N–H and O–H groups in total. The highest BCUT2D eigenvalue weighted by atomic mass is 32.2. The molecule has 1 atom stereocenters. The molecule has 1 aromatic heterocycles. The van der Waals surface area contributed by atoms with Crippen molar-refractivity contribution in [2.45, 2.75) is 30.8 Å². The molecule has 0 radical (unpaired) electrons. The molecule has 3 heterocycles. The Hall–Kier alpha value is -3.37. The van der Waals surface area contributed by atoms with Crippen molar-refractivity contribution in [1.82, 2.24) is 0 Å². The van der Waals surface area contributed by atoms with Gasteiger partial charge in [-0.05, 0) is 36.8 Å². The quantitative estimate of drug-likeness (QED) is 0.481. The highest BCUT2D eigenvalue weighted by Crippen LogP contribution is 2.43. The van der Waals surface area contributed by atoms with E-state index < -0.39 is 22.1 Å². The minimum Gasteiger partial charge on any atom is -0.481 e. The topological polar surface area (TPSA) is 121 Å². The van der Waals surface area contributed by atoms with Crippen LogP contribution in [0.4, 0.5) is 5.69 Å². The summed E-state index contributed by atoms with van der Waals surface area (Å²) >= 11 is 0. The third kappa shape index (κ3) is 2.92. The number of rotatable bonds is 3. The molecule has 10 heteroatoms. The number of carboxylic acids is 1. The molecule has 30 heavy (non-hydrogen) atoms. The second-order valence-corrected chi connectivity index (χ2v) is 8.75. The number of oxazole rings is 1. The fraction of sp³-hybridized carbons (Fsp3) is 0.200. The molecule has 3 aromatic rings. The molecule has 9 nitrogen and oxygen atoms in total. The minimum atomic E-state index is -4.43. The molecular formula is C20H17N2O7S+. The van der Waals surface area contributed by atoms with Crippen molar-refractivity contribution >= 4 is 39.0 Å². The maximum absolute atomic E-state index is 11.6. The van der Waals surface area contributed by atoms with Crippen LogP contribution in [-0.4, -0.2) is 30.1 Å². The first kappa shape index (κ1) is 18.6. The second kappa shape index (κ2) is 6.31. The summed E-state index contributed by atoms with van der Waals surface area (Å²) in [4.78, 5) is 13.0. The van der Waals surface area contributed by atoms with Crippen LogP contribution in [0.3, 0.4) is 0 Å². The van der Waals surface area contributed by atoms with E-state index in [-0.39, 0.29) is 17.9 Å². The molecule has 0 amide bonds. The number of benzene rings is 2. The fourth-order valence-corrected chi connectivity index (χ4v) is 4.45. The lowest BCUT2D eigenvalue weighted by molar-refractivity contribution is -0.679. The van der Waals surface area contributed by atoms with Gasteiger partial charge in [-0.2, -0.15) is 13.0 Å². The molecule has 2 aromatic carbocycles. The van der Waals surface area contributed by atoms with E-state index in [1.54, 1.807) is 11.0 Å².